The Kier molecular flexibility index (Phi) is 3.42. The predicted molar refractivity (Wildman–Crippen MR) is 83.3 cm³/mol. The van der Waals surface area contributed by atoms with Crippen LogP contribution >= 0.6 is 11.6 Å². The molecule has 5 nitrogen and oxygen atoms in total. The molecule has 0 fully saturated rings. The summed E-state index contributed by atoms with van der Waals surface area (Å²) in [4.78, 5) is 37.4. The highest BCUT2D eigenvalue weighted by atomic mass is 35.5. The van der Waals surface area contributed by atoms with Gasteiger partial charge in [-0.25, -0.2) is 4.90 Å². The summed E-state index contributed by atoms with van der Waals surface area (Å²) in [6.45, 7) is 1.35. The van der Waals surface area contributed by atoms with Gasteiger partial charge in [0.05, 0.1) is 22.5 Å². The average molecular weight is 315 g/mol. The molecule has 3 amide bonds. The molecular weight excluding hydrogens is 304 g/mol. The van der Waals surface area contributed by atoms with Crippen LogP contribution in [-0.2, 0) is 4.79 Å². The van der Waals surface area contributed by atoms with Crippen LogP contribution in [0.25, 0.3) is 0 Å². The molecule has 110 valence electrons. The minimum Gasteiger partial charge on any atom is -0.325 e. The number of anilines is 2. The van der Waals surface area contributed by atoms with E-state index in [1.807, 2.05) is 0 Å². The van der Waals surface area contributed by atoms with Crippen molar-refractivity contribution in [3.05, 3.63) is 58.6 Å². The molecule has 0 radical (unpaired) electrons. The van der Waals surface area contributed by atoms with Crippen molar-refractivity contribution in [2.24, 2.45) is 0 Å². The Morgan fingerprint density at radius 3 is 2.18 bits per heavy atom. The Morgan fingerprint density at radius 1 is 1.05 bits per heavy atom. The Hall–Kier alpha value is -2.66. The fourth-order valence-corrected chi connectivity index (χ4v) is 2.56. The molecule has 3 rings (SSSR count). The zero-order chi connectivity index (χ0) is 15.9. The maximum atomic E-state index is 12.5. The number of hydrogen-bond donors (Lipinski definition) is 1. The van der Waals surface area contributed by atoms with E-state index >= 15 is 0 Å². The van der Waals surface area contributed by atoms with Gasteiger partial charge in [0, 0.05) is 11.9 Å². The standard InChI is InChI=1S/C16H11ClN2O3/c1-9(20)18-13-7-6-10(17)8-14(13)19-15(21)11-4-2-3-5-12(11)16(19)22/h2-8H,1H3,(H,18,20). The van der Waals surface area contributed by atoms with Gasteiger partial charge in [-0.2, -0.15) is 0 Å². The van der Waals surface area contributed by atoms with Crippen molar-refractivity contribution >= 4 is 40.7 Å². The van der Waals surface area contributed by atoms with Gasteiger partial charge in [0.15, 0.2) is 0 Å². The Morgan fingerprint density at radius 2 is 1.64 bits per heavy atom. The highest BCUT2D eigenvalue weighted by molar-refractivity contribution is 6.36. The summed E-state index contributed by atoms with van der Waals surface area (Å²) >= 11 is 5.98. The number of fused-ring (bicyclic) bond motifs is 1. The first-order valence-electron chi connectivity index (χ1n) is 6.54. The number of imide groups is 1. The lowest BCUT2D eigenvalue weighted by Gasteiger charge is -2.18. The minimum absolute atomic E-state index is 0.258. The maximum Gasteiger partial charge on any atom is 0.266 e. The van der Waals surface area contributed by atoms with Crippen LogP contribution in [0.1, 0.15) is 27.6 Å². The number of rotatable bonds is 2. The summed E-state index contributed by atoms with van der Waals surface area (Å²) in [5.74, 6) is -1.18. The predicted octanol–water partition coefficient (Wildman–Crippen LogP) is 3.10. The maximum absolute atomic E-state index is 12.5. The molecule has 6 heteroatoms. The molecular formula is C16H11ClN2O3. The molecule has 1 N–H and O–H groups in total. The van der Waals surface area contributed by atoms with E-state index in [0.29, 0.717) is 21.8 Å². The Bertz CT molecular complexity index is 782. The fourth-order valence-electron chi connectivity index (χ4n) is 2.39. The second kappa shape index (κ2) is 5.27. The van der Waals surface area contributed by atoms with Gasteiger partial charge in [0.2, 0.25) is 5.91 Å². The highest BCUT2D eigenvalue weighted by Gasteiger charge is 2.37. The van der Waals surface area contributed by atoms with Crippen LogP contribution < -0.4 is 10.2 Å². The quantitative estimate of drug-likeness (QED) is 0.866. The van der Waals surface area contributed by atoms with E-state index < -0.39 is 11.8 Å². The molecule has 0 atom stereocenters. The van der Waals surface area contributed by atoms with Crippen molar-refractivity contribution < 1.29 is 14.4 Å². The van der Waals surface area contributed by atoms with Crippen molar-refractivity contribution in [1.29, 1.82) is 0 Å². The highest BCUT2D eigenvalue weighted by Crippen LogP contribution is 2.35. The van der Waals surface area contributed by atoms with Gasteiger partial charge < -0.3 is 5.32 Å². The molecule has 22 heavy (non-hydrogen) atoms. The molecule has 2 aromatic carbocycles. The number of halogens is 1. The molecule has 0 bridgehead atoms. The summed E-state index contributed by atoms with van der Waals surface area (Å²) in [5.41, 5.74) is 1.28. The van der Waals surface area contributed by atoms with Crippen molar-refractivity contribution in [3.63, 3.8) is 0 Å². The second-order valence-electron chi connectivity index (χ2n) is 4.83. The zero-order valence-electron chi connectivity index (χ0n) is 11.6. The van der Waals surface area contributed by atoms with Crippen molar-refractivity contribution in [1.82, 2.24) is 0 Å². The lowest BCUT2D eigenvalue weighted by molar-refractivity contribution is -0.114. The van der Waals surface area contributed by atoms with Crippen LogP contribution in [-0.4, -0.2) is 17.7 Å². The van der Waals surface area contributed by atoms with Crippen molar-refractivity contribution in [2.75, 3.05) is 10.2 Å². The van der Waals surface area contributed by atoms with Crippen LogP contribution in [0.3, 0.4) is 0 Å². The Balaban J connectivity index is 2.13. The van der Waals surface area contributed by atoms with E-state index in [1.165, 1.54) is 13.0 Å². The van der Waals surface area contributed by atoms with Gasteiger partial charge in [-0.3, -0.25) is 14.4 Å². The molecule has 0 aliphatic carbocycles. The minimum atomic E-state index is -0.436. The van der Waals surface area contributed by atoms with E-state index in [-0.39, 0.29) is 11.6 Å². The van der Waals surface area contributed by atoms with Crippen molar-refractivity contribution in [3.8, 4) is 0 Å². The van der Waals surface area contributed by atoms with Gasteiger partial charge >= 0.3 is 0 Å². The van der Waals surface area contributed by atoms with E-state index in [1.54, 1.807) is 36.4 Å². The number of carbonyl (C=O) groups excluding carboxylic acids is 3. The van der Waals surface area contributed by atoms with Crippen LogP contribution in [0.5, 0.6) is 0 Å². The summed E-state index contributed by atoms with van der Waals surface area (Å²) < 4.78 is 0. The van der Waals surface area contributed by atoms with E-state index in [9.17, 15) is 14.4 Å². The topological polar surface area (TPSA) is 66.5 Å². The number of benzene rings is 2. The second-order valence-corrected chi connectivity index (χ2v) is 5.27. The molecule has 1 aliphatic rings. The summed E-state index contributed by atoms with van der Waals surface area (Å²) in [5, 5.41) is 2.96. The zero-order valence-corrected chi connectivity index (χ0v) is 12.3. The lowest BCUT2D eigenvalue weighted by atomic mass is 10.1. The van der Waals surface area contributed by atoms with Gasteiger partial charge in [-0.1, -0.05) is 23.7 Å². The summed E-state index contributed by atoms with van der Waals surface area (Å²) in [6, 6.07) is 11.2. The van der Waals surface area contributed by atoms with Crippen LogP contribution in [0.4, 0.5) is 11.4 Å². The number of nitrogens with zero attached hydrogens (tertiary/aromatic N) is 1. The molecule has 1 heterocycles. The monoisotopic (exact) mass is 314 g/mol. The molecule has 0 saturated heterocycles. The molecule has 1 aliphatic heterocycles. The van der Waals surface area contributed by atoms with Gasteiger partial charge in [0.25, 0.3) is 11.8 Å². The van der Waals surface area contributed by atoms with E-state index in [0.717, 1.165) is 4.90 Å². The van der Waals surface area contributed by atoms with Gasteiger partial charge in [0.1, 0.15) is 0 Å². The average Bonchev–Trinajstić information content (AvgIpc) is 2.73. The first-order chi connectivity index (χ1) is 10.5. The molecule has 2 aromatic rings. The molecule has 0 aromatic heterocycles. The van der Waals surface area contributed by atoms with E-state index in [4.69, 9.17) is 11.6 Å². The summed E-state index contributed by atoms with van der Waals surface area (Å²) in [6.07, 6.45) is 0. The molecule has 0 unspecified atom stereocenters. The molecule has 0 spiro atoms. The first kappa shape index (κ1) is 14.3. The van der Waals surface area contributed by atoms with Crippen LogP contribution in [0.2, 0.25) is 5.02 Å². The fraction of sp³-hybridized carbons (Fsp3) is 0.0625. The normalized spacial score (nSPS) is 13.3. The van der Waals surface area contributed by atoms with Gasteiger partial charge in [-0.05, 0) is 30.3 Å². The van der Waals surface area contributed by atoms with Crippen molar-refractivity contribution in [2.45, 2.75) is 6.92 Å². The number of hydrogen-bond acceptors (Lipinski definition) is 3. The smallest absolute Gasteiger partial charge is 0.266 e. The van der Waals surface area contributed by atoms with Crippen LogP contribution in [0.15, 0.2) is 42.5 Å². The number of amides is 3. The third kappa shape index (κ3) is 2.25. The molecule has 0 saturated carbocycles. The third-order valence-corrected chi connectivity index (χ3v) is 3.54. The largest absolute Gasteiger partial charge is 0.325 e. The first-order valence-corrected chi connectivity index (χ1v) is 6.92. The van der Waals surface area contributed by atoms with E-state index in [2.05, 4.69) is 5.32 Å². The number of nitrogens with one attached hydrogen (secondary N) is 1. The van der Waals surface area contributed by atoms with Gasteiger partial charge in [-0.15, -0.1) is 0 Å². The SMILES string of the molecule is CC(=O)Nc1ccc(Cl)cc1N1C(=O)c2ccccc2C1=O. The van der Waals surface area contributed by atoms with Crippen LogP contribution in [0, 0.1) is 0 Å². The third-order valence-electron chi connectivity index (χ3n) is 3.31. The Labute approximate surface area is 131 Å². The summed E-state index contributed by atoms with van der Waals surface area (Å²) in [7, 11) is 0. The lowest BCUT2D eigenvalue weighted by Crippen LogP contribution is -2.30. The number of carbonyl (C=O) groups is 3.